The van der Waals surface area contributed by atoms with Crippen LogP contribution in [0, 0.1) is 11.5 Å². The van der Waals surface area contributed by atoms with E-state index in [9.17, 15) is 0 Å². The highest BCUT2D eigenvalue weighted by molar-refractivity contribution is 7.99. The largest absolute Gasteiger partial charge is 0.310 e. The molecule has 0 aromatic heterocycles. The van der Waals surface area contributed by atoms with Gasteiger partial charge in [-0.3, -0.25) is 0 Å². The Morgan fingerprint density at radius 3 is 3.00 bits per heavy atom. The summed E-state index contributed by atoms with van der Waals surface area (Å²) >= 11 is 1.93. The van der Waals surface area contributed by atoms with E-state index in [1.807, 2.05) is 18.8 Å². The van der Waals surface area contributed by atoms with Gasteiger partial charge in [0.25, 0.3) is 0 Å². The van der Waals surface area contributed by atoms with Crippen LogP contribution in [0.15, 0.2) is 0 Å². The monoisotopic (exact) mass is 142 g/mol. The van der Waals surface area contributed by atoms with Crippen molar-refractivity contribution in [2.24, 2.45) is 0 Å². The van der Waals surface area contributed by atoms with Crippen LogP contribution in [0.5, 0.6) is 0 Å². The first kappa shape index (κ1) is 6.76. The lowest BCUT2D eigenvalue weighted by Gasteiger charge is -2.15. The Bertz CT molecular complexity index is 124. The molecule has 0 spiro atoms. The minimum Gasteiger partial charge on any atom is -0.310 e. The molecule has 1 aliphatic heterocycles. The van der Waals surface area contributed by atoms with Gasteiger partial charge in [0, 0.05) is 18.8 Å². The first-order valence-electron chi connectivity index (χ1n) is 3.05. The molecule has 1 saturated heterocycles. The molecule has 0 aromatic carbocycles. The quantitative estimate of drug-likeness (QED) is 0.402. The molecule has 1 atom stereocenters. The summed E-state index contributed by atoms with van der Waals surface area (Å²) in [4.78, 5) is 1.75. The summed E-state index contributed by atoms with van der Waals surface area (Å²) in [7, 11) is 1.86. The molecule has 9 heavy (non-hydrogen) atoms. The fraction of sp³-hybridized carbons (Fsp3) is 0.833. The summed E-state index contributed by atoms with van der Waals surface area (Å²) in [6.07, 6.45) is 3.30. The molecule has 0 bridgehead atoms. The van der Waals surface area contributed by atoms with Gasteiger partial charge in [0.1, 0.15) is 0 Å². The van der Waals surface area contributed by atoms with Gasteiger partial charge < -0.3 is 4.90 Å². The maximum absolute atomic E-state index is 8.46. The van der Waals surface area contributed by atoms with Gasteiger partial charge in [-0.2, -0.15) is 17.0 Å². The summed E-state index contributed by atoms with van der Waals surface area (Å²) in [6, 6.07) is 0.514. The van der Waals surface area contributed by atoms with E-state index in [1.54, 1.807) is 4.90 Å². The van der Waals surface area contributed by atoms with Crippen molar-refractivity contribution >= 4 is 11.8 Å². The SMILES string of the molecule is CN(C#N)C1CCSC1. The topological polar surface area (TPSA) is 27.0 Å². The zero-order valence-corrected chi connectivity index (χ0v) is 6.32. The minimum atomic E-state index is 0.514. The molecule has 0 aromatic rings. The average Bonchev–Trinajstić information content (AvgIpc) is 2.37. The van der Waals surface area contributed by atoms with Crippen LogP contribution < -0.4 is 0 Å². The molecule has 0 saturated carbocycles. The number of rotatable bonds is 1. The van der Waals surface area contributed by atoms with Crippen molar-refractivity contribution in [3.63, 3.8) is 0 Å². The van der Waals surface area contributed by atoms with Crippen molar-refractivity contribution in [1.29, 1.82) is 5.26 Å². The van der Waals surface area contributed by atoms with Crippen LogP contribution in [-0.2, 0) is 0 Å². The number of nitrogens with zero attached hydrogens (tertiary/aromatic N) is 2. The maximum atomic E-state index is 8.46. The average molecular weight is 142 g/mol. The fourth-order valence-corrected chi connectivity index (χ4v) is 2.18. The summed E-state index contributed by atoms with van der Waals surface area (Å²) < 4.78 is 0. The van der Waals surface area contributed by atoms with E-state index in [0.29, 0.717) is 6.04 Å². The Morgan fingerprint density at radius 2 is 2.56 bits per heavy atom. The molecule has 1 aliphatic rings. The van der Waals surface area contributed by atoms with E-state index in [-0.39, 0.29) is 0 Å². The third kappa shape index (κ3) is 1.52. The fourth-order valence-electron chi connectivity index (χ4n) is 0.909. The van der Waals surface area contributed by atoms with Crippen molar-refractivity contribution < 1.29 is 0 Å². The summed E-state index contributed by atoms with van der Waals surface area (Å²) in [5.41, 5.74) is 0. The van der Waals surface area contributed by atoms with Crippen LogP contribution in [0.3, 0.4) is 0 Å². The van der Waals surface area contributed by atoms with Crippen LogP contribution in [0.25, 0.3) is 0 Å². The predicted octanol–water partition coefficient (Wildman–Crippen LogP) is 0.905. The van der Waals surface area contributed by atoms with Crippen LogP contribution >= 0.6 is 11.8 Å². The third-order valence-electron chi connectivity index (χ3n) is 1.61. The first-order chi connectivity index (χ1) is 4.34. The standard InChI is InChI=1S/C6H10N2S/c1-8(5-7)6-2-3-9-4-6/h6H,2-4H2,1H3. The second kappa shape index (κ2) is 2.98. The Morgan fingerprint density at radius 1 is 1.78 bits per heavy atom. The summed E-state index contributed by atoms with van der Waals surface area (Å²) in [5, 5.41) is 8.46. The zero-order chi connectivity index (χ0) is 6.69. The van der Waals surface area contributed by atoms with Crippen molar-refractivity contribution in [3.05, 3.63) is 0 Å². The van der Waals surface area contributed by atoms with Gasteiger partial charge in [0.2, 0.25) is 0 Å². The minimum absolute atomic E-state index is 0.514. The highest BCUT2D eigenvalue weighted by atomic mass is 32.2. The Balaban J connectivity index is 2.34. The van der Waals surface area contributed by atoms with Crippen LogP contribution in [-0.4, -0.2) is 29.5 Å². The molecule has 1 fully saturated rings. The lowest BCUT2D eigenvalue weighted by molar-refractivity contribution is 0.373. The van der Waals surface area contributed by atoms with Crippen LogP contribution in [0.1, 0.15) is 6.42 Å². The second-order valence-corrected chi connectivity index (χ2v) is 3.38. The molecule has 1 rings (SSSR count). The molecule has 0 aliphatic carbocycles. The van der Waals surface area contributed by atoms with E-state index in [0.717, 1.165) is 5.75 Å². The number of hydrogen-bond acceptors (Lipinski definition) is 3. The van der Waals surface area contributed by atoms with Gasteiger partial charge in [-0.25, -0.2) is 0 Å². The zero-order valence-electron chi connectivity index (χ0n) is 5.50. The van der Waals surface area contributed by atoms with Crippen LogP contribution in [0.2, 0.25) is 0 Å². The van der Waals surface area contributed by atoms with Gasteiger partial charge in [-0.1, -0.05) is 0 Å². The predicted molar refractivity (Wildman–Crippen MR) is 39.1 cm³/mol. The van der Waals surface area contributed by atoms with E-state index in [1.165, 1.54) is 12.2 Å². The smallest absolute Gasteiger partial charge is 0.179 e. The second-order valence-electron chi connectivity index (χ2n) is 2.23. The van der Waals surface area contributed by atoms with E-state index >= 15 is 0 Å². The maximum Gasteiger partial charge on any atom is 0.179 e. The highest BCUT2D eigenvalue weighted by Gasteiger charge is 2.18. The van der Waals surface area contributed by atoms with Crippen molar-refractivity contribution in [1.82, 2.24) is 4.90 Å². The molecular formula is C6H10N2S. The van der Waals surface area contributed by atoms with Crippen LogP contribution in [0.4, 0.5) is 0 Å². The molecule has 0 N–H and O–H groups in total. The molecule has 1 heterocycles. The van der Waals surface area contributed by atoms with E-state index in [4.69, 9.17) is 5.26 Å². The lowest BCUT2D eigenvalue weighted by atomic mass is 10.2. The number of thioether (sulfide) groups is 1. The normalized spacial score (nSPS) is 25.6. The molecule has 3 heteroatoms. The van der Waals surface area contributed by atoms with Crippen molar-refractivity contribution in [2.45, 2.75) is 12.5 Å². The molecule has 0 radical (unpaired) electrons. The highest BCUT2D eigenvalue weighted by Crippen LogP contribution is 2.20. The van der Waals surface area contributed by atoms with E-state index in [2.05, 4.69) is 6.19 Å². The van der Waals surface area contributed by atoms with Gasteiger partial charge in [-0.05, 0) is 12.2 Å². The number of nitriles is 1. The lowest BCUT2D eigenvalue weighted by Crippen LogP contribution is -2.26. The Hall–Kier alpha value is -0.360. The van der Waals surface area contributed by atoms with Crippen molar-refractivity contribution in [2.75, 3.05) is 18.6 Å². The van der Waals surface area contributed by atoms with Crippen molar-refractivity contribution in [3.8, 4) is 6.19 Å². The third-order valence-corrected chi connectivity index (χ3v) is 2.76. The number of hydrogen-bond donors (Lipinski definition) is 0. The van der Waals surface area contributed by atoms with Gasteiger partial charge in [-0.15, -0.1) is 0 Å². The van der Waals surface area contributed by atoms with E-state index < -0.39 is 0 Å². The van der Waals surface area contributed by atoms with Gasteiger partial charge in [0.15, 0.2) is 6.19 Å². The molecule has 0 amide bonds. The Labute approximate surface area is 59.8 Å². The molecule has 50 valence electrons. The summed E-state index contributed by atoms with van der Waals surface area (Å²) in [5.74, 6) is 2.35. The first-order valence-corrected chi connectivity index (χ1v) is 4.20. The summed E-state index contributed by atoms with van der Waals surface area (Å²) in [6.45, 7) is 0. The molecule has 1 unspecified atom stereocenters. The Kier molecular flexibility index (Phi) is 2.23. The van der Waals surface area contributed by atoms with Gasteiger partial charge in [0.05, 0.1) is 0 Å². The van der Waals surface area contributed by atoms with Gasteiger partial charge >= 0.3 is 0 Å². The molecule has 2 nitrogen and oxygen atoms in total. The molecular weight excluding hydrogens is 132 g/mol.